The summed E-state index contributed by atoms with van der Waals surface area (Å²) in [6, 6.07) is 4.98. The first-order chi connectivity index (χ1) is 8.66. The van der Waals surface area contributed by atoms with Crippen LogP contribution in [0.15, 0.2) is 29.2 Å². The van der Waals surface area contributed by atoms with E-state index in [9.17, 15) is 9.59 Å². The third kappa shape index (κ3) is 1.59. The fourth-order valence-electron chi connectivity index (χ4n) is 2.49. The number of aromatic nitrogens is 2. The molecule has 1 amide bonds. The molecule has 2 N–H and O–H groups in total. The van der Waals surface area contributed by atoms with E-state index in [4.69, 9.17) is 5.73 Å². The van der Waals surface area contributed by atoms with Crippen molar-refractivity contribution in [3.05, 3.63) is 40.4 Å². The van der Waals surface area contributed by atoms with Crippen LogP contribution in [0.3, 0.4) is 0 Å². The smallest absolute Gasteiger partial charge is 0.228 e. The van der Waals surface area contributed by atoms with Crippen LogP contribution < -0.4 is 11.2 Å². The van der Waals surface area contributed by atoms with Crippen LogP contribution in [0.2, 0.25) is 0 Å². The van der Waals surface area contributed by atoms with Crippen LogP contribution in [0, 0.1) is 0 Å². The third-order valence-electron chi connectivity index (χ3n) is 3.40. The second kappa shape index (κ2) is 3.94. The van der Waals surface area contributed by atoms with Crippen LogP contribution in [0.4, 0.5) is 0 Å². The minimum absolute atomic E-state index is 0.0449. The lowest BCUT2D eigenvalue weighted by atomic mass is 9.97. The molecule has 2 heterocycles. The summed E-state index contributed by atoms with van der Waals surface area (Å²) in [6.07, 6.45) is 3.39. The maximum atomic E-state index is 11.7. The Morgan fingerprint density at radius 3 is 3.06 bits per heavy atom. The summed E-state index contributed by atoms with van der Waals surface area (Å²) in [5.74, 6) is -0.0288. The minimum atomic E-state index is -0.353. The molecule has 0 aromatic carbocycles. The number of carbonyl (C=O) groups is 1. The average molecular weight is 243 g/mol. The van der Waals surface area contributed by atoms with Crippen LogP contribution >= 0.6 is 0 Å². The van der Waals surface area contributed by atoms with E-state index in [1.807, 2.05) is 4.57 Å². The van der Waals surface area contributed by atoms with Crippen molar-refractivity contribution in [1.82, 2.24) is 9.55 Å². The van der Waals surface area contributed by atoms with Gasteiger partial charge in [0.15, 0.2) is 5.43 Å². The van der Waals surface area contributed by atoms with E-state index in [-0.39, 0.29) is 17.3 Å². The van der Waals surface area contributed by atoms with Crippen LogP contribution in [0.5, 0.6) is 0 Å². The maximum Gasteiger partial charge on any atom is 0.228 e. The molecule has 3 rings (SSSR count). The van der Waals surface area contributed by atoms with Gasteiger partial charge in [0.2, 0.25) is 5.91 Å². The number of rotatable bonds is 1. The van der Waals surface area contributed by atoms with Crippen molar-refractivity contribution in [1.29, 1.82) is 0 Å². The Morgan fingerprint density at radius 2 is 2.28 bits per heavy atom. The highest BCUT2D eigenvalue weighted by molar-refractivity contribution is 5.81. The Morgan fingerprint density at radius 1 is 1.44 bits per heavy atom. The number of aryl methyl sites for hydroxylation is 1. The molecule has 0 spiro atoms. The third-order valence-corrected chi connectivity index (χ3v) is 3.40. The molecule has 5 heteroatoms. The van der Waals surface area contributed by atoms with E-state index in [1.165, 1.54) is 6.07 Å². The molecule has 1 atom stereocenters. The lowest BCUT2D eigenvalue weighted by Gasteiger charge is -2.25. The molecule has 2 aliphatic heterocycles. The molecule has 3 aliphatic rings. The first-order valence-corrected chi connectivity index (χ1v) is 5.96. The van der Waals surface area contributed by atoms with Crippen LogP contribution in [-0.4, -0.2) is 15.5 Å². The van der Waals surface area contributed by atoms with Gasteiger partial charge in [-0.1, -0.05) is 6.07 Å². The number of fused-ring (bicyclic) bond motifs is 2. The molecule has 5 nitrogen and oxygen atoms in total. The summed E-state index contributed by atoms with van der Waals surface area (Å²) >= 11 is 0. The lowest BCUT2D eigenvalue weighted by molar-refractivity contribution is -0.120. The van der Waals surface area contributed by atoms with Gasteiger partial charge in [-0.3, -0.25) is 9.59 Å². The summed E-state index contributed by atoms with van der Waals surface area (Å²) < 4.78 is 1.88. The highest BCUT2D eigenvalue weighted by Gasteiger charge is 2.27. The summed E-state index contributed by atoms with van der Waals surface area (Å²) in [6.45, 7) is 0.774. The molecule has 0 saturated carbocycles. The second-order valence-electron chi connectivity index (χ2n) is 4.58. The van der Waals surface area contributed by atoms with Gasteiger partial charge in [0.1, 0.15) is 5.82 Å². The van der Waals surface area contributed by atoms with Gasteiger partial charge in [-0.15, -0.1) is 0 Å². The van der Waals surface area contributed by atoms with E-state index in [0.717, 1.165) is 19.4 Å². The number of nitrogens with two attached hydrogens (primary N) is 1. The quantitative estimate of drug-likeness (QED) is 0.801. The predicted octanol–water partition coefficient (Wildman–Crippen LogP) is 0.711. The van der Waals surface area contributed by atoms with Gasteiger partial charge >= 0.3 is 0 Å². The largest absolute Gasteiger partial charge is 0.369 e. The Bertz CT molecular complexity index is 647. The summed E-state index contributed by atoms with van der Waals surface area (Å²) in [7, 11) is 0. The molecule has 1 unspecified atom stereocenters. The number of hydrogen-bond acceptors (Lipinski definition) is 3. The Kier molecular flexibility index (Phi) is 2.40. The first kappa shape index (κ1) is 11.0. The van der Waals surface area contributed by atoms with Gasteiger partial charge in [0, 0.05) is 12.7 Å². The molecule has 1 aliphatic carbocycles. The fraction of sp³-hybridized carbons (Fsp3) is 0.308. The van der Waals surface area contributed by atoms with Gasteiger partial charge in [-0.25, -0.2) is 4.98 Å². The topological polar surface area (TPSA) is 78.0 Å². The van der Waals surface area contributed by atoms with Crippen molar-refractivity contribution < 1.29 is 4.79 Å². The van der Waals surface area contributed by atoms with Crippen molar-refractivity contribution in [2.24, 2.45) is 5.73 Å². The standard InChI is InChI=1S/C13H13N3O2/c14-12(18)8-3-2-6-16-7-9-10(15-13(8)16)4-1-5-11(9)17/h1,4-5,7-8H,2-3,6H2,(H2,14,18). The molecule has 92 valence electrons. The van der Waals surface area contributed by atoms with Gasteiger partial charge < -0.3 is 10.3 Å². The zero-order valence-electron chi connectivity index (χ0n) is 9.80. The first-order valence-electron chi connectivity index (χ1n) is 5.96. The molecule has 18 heavy (non-hydrogen) atoms. The van der Waals surface area contributed by atoms with Gasteiger partial charge in [0.05, 0.1) is 17.2 Å². The molecular formula is C13H13N3O2. The predicted molar refractivity (Wildman–Crippen MR) is 66.3 cm³/mol. The SMILES string of the molecule is NC(=O)C1CCCn2cc3c(=O)cccc-3nc21. The number of primary amides is 1. The molecule has 0 saturated heterocycles. The van der Waals surface area contributed by atoms with Gasteiger partial charge in [-0.05, 0) is 25.0 Å². The van der Waals surface area contributed by atoms with E-state index in [2.05, 4.69) is 4.98 Å². The van der Waals surface area contributed by atoms with Crippen molar-refractivity contribution in [2.75, 3.05) is 0 Å². The maximum absolute atomic E-state index is 11.7. The molecule has 0 aromatic rings. The average Bonchev–Trinajstić information content (AvgIpc) is 2.36. The summed E-state index contributed by atoms with van der Waals surface area (Å²) in [5, 5.41) is 0. The molecule has 0 radical (unpaired) electrons. The molecular weight excluding hydrogens is 230 g/mol. The van der Waals surface area contributed by atoms with Crippen molar-refractivity contribution >= 4 is 5.91 Å². The van der Waals surface area contributed by atoms with Crippen LogP contribution in [0.1, 0.15) is 24.6 Å². The van der Waals surface area contributed by atoms with E-state index < -0.39 is 0 Å². The zero-order chi connectivity index (χ0) is 12.7. The van der Waals surface area contributed by atoms with Crippen molar-refractivity contribution in [3.63, 3.8) is 0 Å². The number of nitrogens with zero attached hydrogens (tertiary/aromatic N) is 2. The molecule has 0 fully saturated rings. The normalized spacial score (nSPS) is 18.6. The Hall–Kier alpha value is -2.17. The van der Waals surface area contributed by atoms with Gasteiger partial charge in [-0.2, -0.15) is 0 Å². The van der Waals surface area contributed by atoms with Gasteiger partial charge in [0.25, 0.3) is 0 Å². The van der Waals surface area contributed by atoms with E-state index in [0.29, 0.717) is 17.1 Å². The highest BCUT2D eigenvalue weighted by Crippen LogP contribution is 2.28. The van der Waals surface area contributed by atoms with Crippen molar-refractivity contribution in [3.8, 4) is 11.3 Å². The number of carbonyl (C=O) groups excluding carboxylic acids is 1. The van der Waals surface area contributed by atoms with E-state index in [1.54, 1.807) is 18.3 Å². The van der Waals surface area contributed by atoms with Crippen molar-refractivity contribution in [2.45, 2.75) is 25.3 Å². The molecule has 0 bridgehead atoms. The second-order valence-corrected chi connectivity index (χ2v) is 4.58. The number of amides is 1. The highest BCUT2D eigenvalue weighted by atomic mass is 16.1. The Balaban J connectivity index is 2.26. The Labute approximate surface area is 104 Å². The summed E-state index contributed by atoms with van der Waals surface area (Å²) in [5.41, 5.74) is 6.57. The fourth-order valence-corrected chi connectivity index (χ4v) is 2.49. The zero-order valence-corrected chi connectivity index (χ0v) is 9.80. The number of benzene rings is 1. The lowest BCUT2D eigenvalue weighted by Crippen LogP contribution is -2.30. The minimum Gasteiger partial charge on any atom is -0.369 e. The van der Waals surface area contributed by atoms with Crippen LogP contribution in [-0.2, 0) is 11.3 Å². The monoisotopic (exact) mass is 243 g/mol. The summed E-state index contributed by atoms with van der Waals surface area (Å²) in [4.78, 5) is 27.6. The van der Waals surface area contributed by atoms with E-state index >= 15 is 0 Å². The number of hydrogen-bond donors (Lipinski definition) is 1. The van der Waals surface area contributed by atoms with Crippen LogP contribution in [0.25, 0.3) is 11.3 Å². The molecule has 0 aromatic heterocycles.